The first-order valence-corrected chi connectivity index (χ1v) is 10.7. The number of aliphatic hydroxyl groups excluding tert-OH is 1. The fourth-order valence-electron chi connectivity index (χ4n) is 3.53. The molecule has 0 radical (unpaired) electrons. The number of nitrogens with one attached hydrogen (secondary N) is 1. The smallest absolute Gasteiger partial charge is 0.338 e. The molecule has 1 heterocycles. The number of cyclic esters (lactones) is 1. The summed E-state index contributed by atoms with van der Waals surface area (Å²) in [5.41, 5.74) is 0.747. The van der Waals surface area contributed by atoms with Crippen LogP contribution in [0.4, 0.5) is 5.69 Å². The molecule has 26 heavy (non-hydrogen) atoms. The maximum atomic E-state index is 12.6. The van der Waals surface area contributed by atoms with Crippen molar-refractivity contribution < 1.29 is 23.1 Å². The van der Waals surface area contributed by atoms with Gasteiger partial charge in [-0.25, -0.2) is 13.2 Å². The highest BCUT2D eigenvalue weighted by molar-refractivity contribution is 7.92. The van der Waals surface area contributed by atoms with Gasteiger partial charge in [-0.05, 0) is 37.5 Å². The van der Waals surface area contributed by atoms with E-state index in [1.807, 2.05) is 26.8 Å². The van der Waals surface area contributed by atoms with Gasteiger partial charge >= 0.3 is 5.97 Å². The molecule has 0 unspecified atom stereocenters. The Hall–Kier alpha value is -2.02. The van der Waals surface area contributed by atoms with Gasteiger partial charge in [0.15, 0.2) is 0 Å². The first-order valence-electron chi connectivity index (χ1n) is 8.81. The Morgan fingerprint density at radius 1 is 1.35 bits per heavy atom. The predicted molar refractivity (Wildman–Crippen MR) is 102 cm³/mol. The van der Waals surface area contributed by atoms with E-state index in [4.69, 9.17) is 4.74 Å². The van der Waals surface area contributed by atoms with Gasteiger partial charge in [0.1, 0.15) is 11.4 Å². The topological polar surface area (TPSA) is 92.7 Å². The van der Waals surface area contributed by atoms with E-state index in [0.29, 0.717) is 24.9 Å². The molecule has 1 aliphatic heterocycles. The number of hydrogen-bond donors (Lipinski definition) is 2. The van der Waals surface area contributed by atoms with Gasteiger partial charge in [0.05, 0.1) is 11.8 Å². The van der Waals surface area contributed by atoms with Crippen LogP contribution in [0.15, 0.2) is 35.6 Å². The number of aliphatic hydroxyl groups is 1. The molecule has 0 fully saturated rings. The minimum Gasteiger partial charge on any atom is -0.512 e. The van der Waals surface area contributed by atoms with Crippen LogP contribution in [-0.4, -0.2) is 31.4 Å². The first-order chi connectivity index (χ1) is 12.1. The van der Waals surface area contributed by atoms with E-state index in [9.17, 15) is 18.3 Å². The summed E-state index contributed by atoms with van der Waals surface area (Å²) in [7, 11) is -3.40. The van der Waals surface area contributed by atoms with Crippen LogP contribution >= 0.6 is 0 Å². The summed E-state index contributed by atoms with van der Waals surface area (Å²) in [4.78, 5) is 12.6. The first kappa shape index (κ1) is 20.3. The van der Waals surface area contributed by atoms with Crippen molar-refractivity contribution in [2.24, 2.45) is 0 Å². The second-order valence-corrected chi connectivity index (χ2v) is 8.84. The van der Waals surface area contributed by atoms with Gasteiger partial charge in [0, 0.05) is 18.0 Å². The number of carbonyl (C=O) groups is 1. The highest BCUT2D eigenvalue weighted by Gasteiger charge is 2.40. The average Bonchev–Trinajstić information content (AvgIpc) is 2.49. The lowest BCUT2D eigenvalue weighted by molar-refractivity contribution is -0.158. The minimum absolute atomic E-state index is 0.0607. The summed E-state index contributed by atoms with van der Waals surface area (Å²) in [6.07, 6.45) is 3.48. The Balaban J connectivity index is 2.39. The molecule has 2 rings (SSSR count). The van der Waals surface area contributed by atoms with Crippen LogP contribution < -0.4 is 4.72 Å². The van der Waals surface area contributed by atoms with E-state index in [1.54, 1.807) is 18.2 Å². The lowest BCUT2D eigenvalue weighted by atomic mass is 9.83. The fraction of sp³-hybridized carbons (Fsp3) is 0.526. The summed E-state index contributed by atoms with van der Waals surface area (Å²) >= 11 is 0. The third-order valence-electron chi connectivity index (χ3n) is 4.54. The van der Waals surface area contributed by atoms with Crippen LogP contribution in [0.25, 0.3) is 0 Å². The molecule has 0 amide bonds. The van der Waals surface area contributed by atoms with Gasteiger partial charge in [-0.1, -0.05) is 32.4 Å². The van der Waals surface area contributed by atoms with Gasteiger partial charge in [0.2, 0.25) is 10.0 Å². The number of sulfonamides is 1. The molecule has 0 aromatic heterocycles. The van der Waals surface area contributed by atoms with Crippen molar-refractivity contribution in [1.29, 1.82) is 0 Å². The summed E-state index contributed by atoms with van der Waals surface area (Å²) in [6.45, 7) is 5.75. The Morgan fingerprint density at radius 3 is 2.58 bits per heavy atom. The van der Waals surface area contributed by atoms with Crippen molar-refractivity contribution in [1.82, 2.24) is 0 Å². The molecule has 0 aliphatic carbocycles. The molecule has 7 heteroatoms. The molecule has 1 aliphatic rings. The second-order valence-electron chi connectivity index (χ2n) is 7.09. The van der Waals surface area contributed by atoms with Gasteiger partial charge < -0.3 is 9.84 Å². The molecule has 2 atom stereocenters. The summed E-state index contributed by atoms with van der Waals surface area (Å²) in [6, 6.07) is 6.86. The number of esters is 1. The van der Waals surface area contributed by atoms with Crippen LogP contribution in [0.1, 0.15) is 57.9 Å². The highest BCUT2D eigenvalue weighted by Crippen LogP contribution is 2.39. The van der Waals surface area contributed by atoms with Crippen molar-refractivity contribution in [2.45, 2.75) is 58.0 Å². The van der Waals surface area contributed by atoms with E-state index < -0.39 is 21.6 Å². The number of ether oxygens (including phenoxy) is 1. The SMILES string of the molecule is CCC[C@]1(C)CC(O)=C([C@@H](CC)c2cccc(NS(C)(=O)=O)c2)C(=O)O1. The zero-order valence-corrected chi connectivity index (χ0v) is 16.5. The minimum atomic E-state index is -3.40. The van der Waals surface area contributed by atoms with E-state index >= 15 is 0 Å². The van der Waals surface area contributed by atoms with Gasteiger partial charge in [0.25, 0.3) is 0 Å². The molecule has 1 aromatic rings. The molecular formula is C19H27NO5S. The molecule has 144 valence electrons. The summed E-state index contributed by atoms with van der Waals surface area (Å²) in [5.74, 6) is -0.807. The molecular weight excluding hydrogens is 354 g/mol. The van der Waals surface area contributed by atoms with Gasteiger partial charge in [-0.3, -0.25) is 4.72 Å². The number of rotatable bonds is 7. The normalized spacial score (nSPS) is 22.1. The van der Waals surface area contributed by atoms with E-state index in [-0.39, 0.29) is 17.3 Å². The summed E-state index contributed by atoms with van der Waals surface area (Å²) < 4.78 is 31.0. The number of anilines is 1. The van der Waals surface area contributed by atoms with Gasteiger partial charge in [-0.15, -0.1) is 0 Å². The third kappa shape index (κ3) is 4.78. The number of carbonyl (C=O) groups excluding carboxylic acids is 1. The zero-order chi connectivity index (χ0) is 19.5. The molecule has 1 aromatic carbocycles. The van der Waals surface area contributed by atoms with Crippen LogP contribution in [0.3, 0.4) is 0 Å². The lowest BCUT2D eigenvalue weighted by Crippen LogP contribution is -2.38. The average molecular weight is 381 g/mol. The standard InChI is InChI=1S/C19H27NO5S/c1-5-10-19(3)12-16(21)17(18(22)25-19)15(6-2)13-8-7-9-14(11-13)20-26(4,23)24/h7-9,11,15,20-21H,5-6,10,12H2,1-4H3/t15-,19+/m0/s1. The Kier molecular flexibility index (Phi) is 6.01. The monoisotopic (exact) mass is 381 g/mol. The second kappa shape index (κ2) is 7.70. The molecule has 0 spiro atoms. The largest absolute Gasteiger partial charge is 0.512 e. The Bertz CT molecular complexity index is 815. The molecule has 0 saturated carbocycles. The van der Waals surface area contributed by atoms with E-state index in [1.165, 1.54) is 0 Å². The van der Waals surface area contributed by atoms with Crippen molar-refractivity contribution in [3.8, 4) is 0 Å². The zero-order valence-electron chi connectivity index (χ0n) is 15.7. The van der Waals surface area contributed by atoms with Crippen LogP contribution in [0.5, 0.6) is 0 Å². The predicted octanol–water partition coefficient (Wildman–Crippen LogP) is 3.87. The van der Waals surface area contributed by atoms with Crippen molar-refractivity contribution in [3.63, 3.8) is 0 Å². The maximum Gasteiger partial charge on any atom is 0.338 e. The van der Waals surface area contributed by atoms with Crippen LogP contribution in [0.2, 0.25) is 0 Å². The van der Waals surface area contributed by atoms with Crippen molar-refractivity contribution in [3.05, 3.63) is 41.2 Å². The van der Waals surface area contributed by atoms with E-state index in [0.717, 1.165) is 18.2 Å². The maximum absolute atomic E-state index is 12.6. The number of benzene rings is 1. The Morgan fingerprint density at radius 2 is 2.04 bits per heavy atom. The van der Waals surface area contributed by atoms with E-state index in [2.05, 4.69) is 4.72 Å². The molecule has 6 nitrogen and oxygen atoms in total. The van der Waals surface area contributed by atoms with Gasteiger partial charge in [-0.2, -0.15) is 0 Å². The van der Waals surface area contributed by atoms with Crippen LogP contribution in [0, 0.1) is 0 Å². The molecule has 0 bridgehead atoms. The van der Waals surface area contributed by atoms with Crippen molar-refractivity contribution in [2.75, 3.05) is 11.0 Å². The van der Waals surface area contributed by atoms with Crippen LogP contribution in [-0.2, 0) is 19.6 Å². The number of hydrogen-bond acceptors (Lipinski definition) is 5. The Labute approximate surface area is 155 Å². The highest BCUT2D eigenvalue weighted by atomic mass is 32.2. The third-order valence-corrected chi connectivity index (χ3v) is 5.15. The molecule has 2 N–H and O–H groups in total. The van der Waals surface area contributed by atoms with Crippen molar-refractivity contribution >= 4 is 21.7 Å². The molecule has 0 saturated heterocycles. The summed E-state index contributed by atoms with van der Waals surface area (Å²) in [5, 5.41) is 10.6. The fourth-order valence-corrected chi connectivity index (χ4v) is 4.09. The quantitative estimate of drug-likeness (QED) is 0.700. The lowest BCUT2D eigenvalue weighted by Gasteiger charge is -2.35.